The van der Waals surface area contributed by atoms with Gasteiger partial charge in [0, 0.05) is 13.0 Å². The van der Waals surface area contributed by atoms with E-state index in [0.717, 1.165) is 23.1 Å². The highest BCUT2D eigenvalue weighted by Gasteiger charge is 2.27. The molecule has 6 nitrogen and oxygen atoms in total. The van der Waals surface area contributed by atoms with Gasteiger partial charge in [-0.25, -0.2) is 0 Å². The van der Waals surface area contributed by atoms with E-state index in [2.05, 4.69) is 10.2 Å². The fraction of sp³-hybridized carbons (Fsp3) is 0.357. The van der Waals surface area contributed by atoms with Crippen molar-refractivity contribution < 1.29 is 9.53 Å². The number of rotatable bonds is 5. The quantitative estimate of drug-likeness (QED) is 0.840. The molecular weight excluding hydrogens is 320 g/mol. The molecule has 1 aliphatic rings. The summed E-state index contributed by atoms with van der Waals surface area (Å²) in [7, 11) is 0. The number of amides is 1. The molecule has 0 radical (unpaired) electrons. The minimum Gasteiger partial charge on any atom is -0.489 e. The molecule has 1 aliphatic heterocycles. The predicted octanol–water partition coefficient (Wildman–Crippen LogP) is 1.89. The topological polar surface area (TPSA) is 81.3 Å². The van der Waals surface area contributed by atoms with E-state index in [-0.39, 0.29) is 12.0 Å². The summed E-state index contributed by atoms with van der Waals surface area (Å²) in [6, 6.07) is 9.70. The highest BCUT2D eigenvalue weighted by atomic mass is 32.2. The lowest BCUT2D eigenvalue weighted by molar-refractivity contribution is -0.127. The molecule has 0 spiro atoms. The molecule has 1 amide bonds. The van der Waals surface area contributed by atoms with Gasteiger partial charge in [-0.3, -0.25) is 4.79 Å². The van der Waals surface area contributed by atoms with Crippen LogP contribution in [-0.2, 0) is 4.79 Å². The van der Waals surface area contributed by atoms with Crippen molar-refractivity contribution in [1.82, 2.24) is 15.1 Å². The fourth-order valence-corrected chi connectivity index (χ4v) is 3.77. The number of ether oxygens (including phenoxy) is 1. The molecule has 8 heteroatoms. The molecule has 1 aromatic carbocycles. The fourth-order valence-electron chi connectivity index (χ4n) is 2.24. The van der Waals surface area contributed by atoms with Gasteiger partial charge in [-0.15, -0.1) is 10.2 Å². The molecule has 2 N–H and O–H groups in total. The highest BCUT2D eigenvalue weighted by molar-refractivity contribution is 8.01. The Balaban J connectivity index is 1.46. The number of hydrogen-bond donors (Lipinski definition) is 1. The molecule has 0 saturated carbocycles. The molecule has 1 fully saturated rings. The smallest absolute Gasteiger partial charge is 0.233 e. The maximum atomic E-state index is 12.2. The molecule has 1 aromatic heterocycles. The van der Waals surface area contributed by atoms with E-state index in [9.17, 15) is 4.79 Å². The Kier molecular flexibility index (Phi) is 4.79. The van der Waals surface area contributed by atoms with Crippen LogP contribution in [0, 0.1) is 0 Å². The monoisotopic (exact) mass is 336 g/mol. The Morgan fingerprint density at radius 1 is 1.41 bits per heavy atom. The Morgan fingerprint density at radius 3 is 2.95 bits per heavy atom. The lowest BCUT2D eigenvalue weighted by Gasteiger charge is -2.16. The van der Waals surface area contributed by atoms with Crippen LogP contribution in [-0.4, -0.2) is 46.0 Å². The van der Waals surface area contributed by atoms with E-state index in [4.69, 9.17) is 10.5 Å². The van der Waals surface area contributed by atoms with Crippen molar-refractivity contribution >= 4 is 34.1 Å². The number of nitrogens with zero attached hydrogens (tertiary/aromatic N) is 3. The summed E-state index contributed by atoms with van der Waals surface area (Å²) in [6.07, 6.45) is 0.922. The van der Waals surface area contributed by atoms with E-state index in [1.807, 2.05) is 35.2 Å². The van der Waals surface area contributed by atoms with Gasteiger partial charge in [0.25, 0.3) is 0 Å². The Hall–Kier alpha value is -1.80. The molecule has 0 bridgehead atoms. The van der Waals surface area contributed by atoms with Crippen molar-refractivity contribution in [2.75, 3.05) is 24.6 Å². The molecule has 116 valence electrons. The average molecular weight is 336 g/mol. The van der Waals surface area contributed by atoms with E-state index < -0.39 is 0 Å². The van der Waals surface area contributed by atoms with Crippen molar-refractivity contribution in [3.8, 4) is 5.75 Å². The van der Waals surface area contributed by atoms with Gasteiger partial charge in [0.1, 0.15) is 11.9 Å². The number of aromatic nitrogens is 2. The molecule has 0 aliphatic carbocycles. The van der Waals surface area contributed by atoms with Crippen LogP contribution in [0.4, 0.5) is 5.13 Å². The first kappa shape index (κ1) is 15.1. The van der Waals surface area contributed by atoms with Crippen molar-refractivity contribution in [2.24, 2.45) is 0 Å². The maximum Gasteiger partial charge on any atom is 0.233 e. The Morgan fingerprint density at radius 2 is 2.23 bits per heavy atom. The normalized spacial score (nSPS) is 17.6. The second-order valence-corrected chi connectivity index (χ2v) is 7.11. The van der Waals surface area contributed by atoms with Gasteiger partial charge < -0.3 is 15.4 Å². The minimum absolute atomic E-state index is 0.0634. The Bertz CT molecular complexity index is 635. The number of nitrogens with two attached hydrogens (primary N) is 1. The number of likely N-dealkylation sites (tertiary alicyclic amines) is 1. The van der Waals surface area contributed by atoms with Gasteiger partial charge in [0.05, 0.1) is 12.3 Å². The van der Waals surface area contributed by atoms with Crippen molar-refractivity contribution in [2.45, 2.75) is 16.9 Å². The highest BCUT2D eigenvalue weighted by Crippen LogP contribution is 2.25. The number of carbonyl (C=O) groups is 1. The largest absolute Gasteiger partial charge is 0.489 e. The van der Waals surface area contributed by atoms with Crippen LogP contribution in [0.1, 0.15) is 6.42 Å². The van der Waals surface area contributed by atoms with Gasteiger partial charge in [0.15, 0.2) is 4.34 Å². The summed E-state index contributed by atoms with van der Waals surface area (Å²) in [5, 5.41) is 8.05. The number of para-hydroxylation sites is 1. The lowest BCUT2D eigenvalue weighted by atomic mass is 10.3. The summed E-state index contributed by atoms with van der Waals surface area (Å²) in [4.78, 5) is 14.0. The minimum atomic E-state index is 0.0634. The summed E-state index contributed by atoms with van der Waals surface area (Å²) in [5.41, 5.74) is 5.52. The maximum absolute atomic E-state index is 12.2. The summed E-state index contributed by atoms with van der Waals surface area (Å²) < 4.78 is 6.61. The van der Waals surface area contributed by atoms with Gasteiger partial charge in [0.2, 0.25) is 11.0 Å². The molecule has 1 saturated heterocycles. The summed E-state index contributed by atoms with van der Waals surface area (Å²) in [5.74, 6) is 1.30. The van der Waals surface area contributed by atoms with E-state index in [0.29, 0.717) is 17.4 Å². The van der Waals surface area contributed by atoms with Crippen LogP contribution < -0.4 is 10.5 Å². The third-order valence-electron chi connectivity index (χ3n) is 3.28. The molecule has 2 aromatic rings. The van der Waals surface area contributed by atoms with Crippen molar-refractivity contribution in [3.63, 3.8) is 0 Å². The first-order valence-electron chi connectivity index (χ1n) is 6.92. The number of nitrogen functional groups attached to an aromatic ring is 1. The van der Waals surface area contributed by atoms with E-state index in [1.165, 1.54) is 23.1 Å². The molecule has 22 heavy (non-hydrogen) atoms. The standard InChI is InChI=1S/C14H16N4O2S2/c15-13-16-17-14(22-13)21-9-12(19)18-7-6-11(8-18)20-10-4-2-1-3-5-10/h1-5,11H,6-9H2,(H2,15,16)/t11-/m1/s1. The molecule has 0 unspecified atom stereocenters. The van der Waals surface area contributed by atoms with Gasteiger partial charge in [-0.1, -0.05) is 41.3 Å². The number of benzene rings is 1. The number of hydrogen-bond acceptors (Lipinski definition) is 7. The summed E-state index contributed by atoms with van der Waals surface area (Å²) in [6.45, 7) is 1.36. The molecule has 3 rings (SSSR count). The van der Waals surface area contributed by atoms with E-state index in [1.54, 1.807) is 0 Å². The molecule has 1 atom stereocenters. The van der Waals surface area contributed by atoms with Gasteiger partial charge in [-0.2, -0.15) is 0 Å². The number of thioether (sulfide) groups is 1. The van der Waals surface area contributed by atoms with Crippen LogP contribution in [0.2, 0.25) is 0 Å². The van der Waals surface area contributed by atoms with Crippen LogP contribution in [0.5, 0.6) is 5.75 Å². The second-order valence-electron chi connectivity index (χ2n) is 4.88. The second kappa shape index (κ2) is 6.97. The average Bonchev–Trinajstić information content (AvgIpc) is 3.15. The predicted molar refractivity (Wildman–Crippen MR) is 87.1 cm³/mol. The number of anilines is 1. The Labute approximate surface area is 136 Å². The SMILES string of the molecule is Nc1nnc(SCC(=O)N2CC[C@@H](Oc3ccccc3)C2)s1. The van der Waals surface area contributed by atoms with Crippen molar-refractivity contribution in [1.29, 1.82) is 0 Å². The first-order chi connectivity index (χ1) is 10.7. The van der Waals surface area contributed by atoms with Gasteiger partial charge >= 0.3 is 0 Å². The molecule has 2 heterocycles. The van der Waals surface area contributed by atoms with Gasteiger partial charge in [-0.05, 0) is 12.1 Å². The van der Waals surface area contributed by atoms with Crippen LogP contribution in [0.25, 0.3) is 0 Å². The zero-order valence-electron chi connectivity index (χ0n) is 11.8. The van der Waals surface area contributed by atoms with E-state index >= 15 is 0 Å². The first-order valence-corrected chi connectivity index (χ1v) is 8.72. The van der Waals surface area contributed by atoms with Crippen molar-refractivity contribution in [3.05, 3.63) is 30.3 Å². The molecular formula is C14H16N4O2S2. The van der Waals surface area contributed by atoms with Crippen LogP contribution in [0.15, 0.2) is 34.7 Å². The zero-order valence-corrected chi connectivity index (χ0v) is 13.5. The third kappa shape index (κ3) is 3.89. The lowest BCUT2D eigenvalue weighted by Crippen LogP contribution is -2.32. The number of carbonyl (C=O) groups excluding carboxylic acids is 1. The zero-order chi connectivity index (χ0) is 15.4. The van der Waals surface area contributed by atoms with Crippen LogP contribution >= 0.6 is 23.1 Å². The van der Waals surface area contributed by atoms with Crippen LogP contribution in [0.3, 0.4) is 0 Å². The summed E-state index contributed by atoms with van der Waals surface area (Å²) >= 11 is 2.67. The third-order valence-corrected chi connectivity index (χ3v) is 5.16.